The predicted molar refractivity (Wildman–Crippen MR) is 100 cm³/mol. The Labute approximate surface area is 145 Å². The molecule has 0 spiro atoms. The van der Waals surface area contributed by atoms with Crippen molar-refractivity contribution in [1.82, 2.24) is 4.98 Å². The Morgan fingerprint density at radius 3 is 2.46 bits per heavy atom. The molecule has 0 amide bonds. The van der Waals surface area contributed by atoms with Crippen molar-refractivity contribution < 1.29 is 0 Å². The Balaban J connectivity index is 1.95. The molecule has 1 nitrogen and oxygen atoms in total. The highest BCUT2D eigenvalue weighted by Gasteiger charge is 2.25. The molecule has 114 valence electrons. The van der Waals surface area contributed by atoms with Gasteiger partial charge in [-0.1, -0.05) is 72.3 Å². The van der Waals surface area contributed by atoms with E-state index in [2.05, 4.69) is 60.7 Å². The fourth-order valence-corrected chi connectivity index (χ4v) is 3.88. The fourth-order valence-electron chi connectivity index (χ4n) is 3.71. The molecule has 1 heterocycles. The van der Waals surface area contributed by atoms with Gasteiger partial charge in [0.05, 0.1) is 11.2 Å². The summed E-state index contributed by atoms with van der Waals surface area (Å²) in [5.41, 5.74) is 8.51. The van der Waals surface area contributed by atoms with Gasteiger partial charge in [-0.05, 0) is 28.8 Å². The first-order valence-corrected chi connectivity index (χ1v) is 8.45. The summed E-state index contributed by atoms with van der Waals surface area (Å²) >= 11 is 6.22. The number of nitrogens with zero attached hydrogens (tertiary/aromatic N) is 1. The first-order chi connectivity index (χ1) is 11.8. The maximum Gasteiger partial charge on any atom is 0.0726 e. The quantitative estimate of drug-likeness (QED) is 0.361. The zero-order valence-corrected chi connectivity index (χ0v) is 13.7. The van der Waals surface area contributed by atoms with Crippen molar-refractivity contribution in [2.24, 2.45) is 0 Å². The van der Waals surface area contributed by atoms with Crippen molar-refractivity contribution in [3.05, 3.63) is 89.1 Å². The molecule has 24 heavy (non-hydrogen) atoms. The van der Waals surface area contributed by atoms with Crippen LogP contribution in [0.15, 0.2) is 72.8 Å². The van der Waals surface area contributed by atoms with Gasteiger partial charge in [-0.3, -0.25) is 4.98 Å². The van der Waals surface area contributed by atoms with Crippen molar-refractivity contribution in [1.29, 1.82) is 0 Å². The normalized spacial score (nSPS) is 12.2. The molecule has 5 rings (SSSR count). The van der Waals surface area contributed by atoms with Crippen LogP contribution in [0.5, 0.6) is 0 Å². The lowest BCUT2D eigenvalue weighted by Crippen LogP contribution is -1.93. The molecule has 2 heteroatoms. The summed E-state index contributed by atoms with van der Waals surface area (Å²) in [4.78, 5) is 4.93. The summed E-state index contributed by atoms with van der Waals surface area (Å²) in [5, 5.41) is 1.88. The molecule has 1 aromatic heterocycles. The molecule has 0 radical (unpaired) electrons. The standard InChI is InChI=1S/C22H14ClN/c23-16-10-11-18-19(13-16)24-20-12-15-8-4-5-9-17(15)22(20)21(18)14-6-2-1-3-7-14/h1-11,13H,12H2. The number of hydrogen-bond donors (Lipinski definition) is 0. The van der Waals surface area contributed by atoms with Gasteiger partial charge in [-0.2, -0.15) is 0 Å². The van der Waals surface area contributed by atoms with Gasteiger partial charge in [-0.15, -0.1) is 0 Å². The van der Waals surface area contributed by atoms with E-state index in [1.165, 1.54) is 27.8 Å². The van der Waals surface area contributed by atoms with Crippen LogP contribution in [0.25, 0.3) is 33.2 Å². The van der Waals surface area contributed by atoms with Crippen LogP contribution in [0.4, 0.5) is 0 Å². The summed E-state index contributed by atoms with van der Waals surface area (Å²) in [5.74, 6) is 0. The van der Waals surface area contributed by atoms with Gasteiger partial charge >= 0.3 is 0 Å². The SMILES string of the molecule is Clc1ccc2c(-c3ccccc3)c3c(nc2c1)Cc1ccccc1-3. The monoisotopic (exact) mass is 327 g/mol. The van der Waals surface area contributed by atoms with E-state index in [9.17, 15) is 0 Å². The van der Waals surface area contributed by atoms with E-state index in [0.29, 0.717) is 0 Å². The smallest absolute Gasteiger partial charge is 0.0726 e. The average Bonchev–Trinajstić information content (AvgIpc) is 2.98. The number of benzene rings is 3. The Bertz CT molecular complexity index is 1080. The zero-order valence-electron chi connectivity index (χ0n) is 13.0. The van der Waals surface area contributed by atoms with E-state index in [0.717, 1.165) is 28.0 Å². The van der Waals surface area contributed by atoms with Crippen LogP contribution in [0.3, 0.4) is 0 Å². The Morgan fingerprint density at radius 2 is 1.58 bits per heavy atom. The topological polar surface area (TPSA) is 12.9 Å². The molecule has 0 saturated heterocycles. The lowest BCUT2D eigenvalue weighted by Gasteiger charge is -2.14. The second-order valence-electron chi connectivity index (χ2n) is 6.17. The molecule has 3 aromatic carbocycles. The third-order valence-electron chi connectivity index (χ3n) is 4.73. The number of pyridine rings is 1. The molecule has 1 aliphatic carbocycles. The maximum absolute atomic E-state index is 6.22. The molecule has 0 saturated carbocycles. The van der Waals surface area contributed by atoms with Crippen LogP contribution in [-0.4, -0.2) is 4.98 Å². The second kappa shape index (κ2) is 5.19. The van der Waals surface area contributed by atoms with Crippen molar-refractivity contribution in [3.63, 3.8) is 0 Å². The van der Waals surface area contributed by atoms with Crippen molar-refractivity contribution in [2.45, 2.75) is 6.42 Å². The van der Waals surface area contributed by atoms with Gasteiger partial charge in [0.15, 0.2) is 0 Å². The molecule has 0 unspecified atom stereocenters. The molecule has 1 aliphatic rings. The Hall–Kier alpha value is -2.64. The maximum atomic E-state index is 6.22. The summed E-state index contributed by atoms with van der Waals surface area (Å²) in [6, 6.07) is 25.2. The van der Waals surface area contributed by atoms with Gasteiger partial charge in [-0.25, -0.2) is 0 Å². The van der Waals surface area contributed by atoms with Crippen LogP contribution in [0.1, 0.15) is 11.3 Å². The number of hydrogen-bond acceptors (Lipinski definition) is 1. The highest BCUT2D eigenvalue weighted by atomic mass is 35.5. The predicted octanol–water partition coefficient (Wildman–Crippen LogP) is 6.13. The van der Waals surface area contributed by atoms with Crippen molar-refractivity contribution in [2.75, 3.05) is 0 Å². The second-order valence-corrected chi connectivity index (χ2v) is 6.61. The van der Waals surface area contributed by atoms with Crippen LogP contribution in [0.2, 0.25) is 5.02 Å². The summed E-state index contributed by atoms with van der Waals surface area (Å²) in [6.45, 7) is 0. The van der Waals surface area contributed by atoms with Crippen LogP contribution in [-0.2, 0) is 6.42 Å². The number of aromatic nitrogens is 1. The first-order valence-electron chi connectivity index (χ1n) is 8.07. The third-order valence-corrected chi connectivity index (χ3v) is 4.97. The van der Waals surface area contributed by atoms with E-state index in [1.54, 1.807) is 0 Å². The van der Waals surface area contributed by atoms with Gasteiger partial charge in [0, 0.05) is 28.0 Å². The van der Waals surface area contributed by atoms with E-state index < -0.39 is 0 Å². The lowest BCUT2D eigenvalue weighted by molar-refractivity contribution is 1.15. The minimum atomic E-state index is 0.726. The summed E-state index contributed by atoms with van der Waals surface area (Å²) in [7, 11) is 0. The summed E-state index contributed by atoms with van der Waals surface area (Å²) in [6.07, 6.45) is 0.883. The van der Waals surface area contributed by atoms with Gasteiger partial charge < -0.3 is 0 Å². The zero-order chi connectivity index (χ0) is 16.1. The molecular formula is C22H14ClN. The first kappa shape index (κ1) is 13.8. The highest BCUT2D eigenvalue weighted by Crippen LogP contribution is 2.45. The minimum absolute atomic E-state index is 0.726. The van der Waals surface area contributed by atoms with Crippen molar-refractivity contribution >= 4 is 22.5 Å². The van der Waals surface area contributed by atoms with Crippen LogP contribution < -0.4 is 0 Å². The van der Waals surface area contributed by atoms with E-state index in [1.807, 2.05) is 12.1 Å². The van der Waals surface area contributed by atoms with Crippen LogP contribution >= 0.6 is 11.6 Å². The average molecular weight is 328 g/mol. The molecule has 0 aliphatic heterocycles. The van der Waals surface area contributed by atoms with Gasteiger partial charge in [0.25, 0.3) is 0 Å². The number of rotatable bonds is 1. The van der Waals surface area contributed by atoms with Crippen LogP contribution in [0, 0.1) is 0 Å². The number of fused-ring (bicyclic) bond motifs is 4. The minimum Gasteiger partial charge on any atom is -0.252 e. The molecule has 0 N–H and O–H groups in total. The largest absolute Gasteiger partial charge is 0.252 e. The van der Waals surface area contributed by atoms with Crippen molar-refractivity contribution in [3.8, 4) is 22.3 Å². The molecule has 0 fully saturated rings. The molecule has 0 atom stereocenters. The fraction of sp³-hybridized carbons (Fsp3) is 0.0455. The third kappa shape index (κ3) is 1.98. The molecule has 4 aromatic rings. The van der Waals surface area contributed by atoms with E-state index >= 15 is 0 Å². The lowest BCUT2D eigenvalue weighted by atomic mass is 9.92. The molecular weight excluding hydrogens is 314 g/mol. The van der Waals surface area contributed by atoms with E-state index in [4.69, 9.17) is 16.6 Å². The Morgan fingerprint density at radius 1 is 0.792 bits per heavy atom. The van der Waals surface area contributed by atoms with Gasteiger partial charge in [0.2, 0.25) is 0 Å². The van der Waals surface area contributed by atoms with E-state index in [-0.39, 0.29) is 0 Å². The highest BCUT2D eigenvalue weighted by molar-refractivity contribution is 6.31. The Kier molecular flexibility index (Phi) is 2.97. The molecule has 0 bridgehead atoms. The number of halogens is 1. The van der Waals surface area contributed by atoms with Gasteiger partial charge in [0.1, 0.15) is 0 Å². The summed E-state index contributed by atoms with van der Waals surface area (Å²) < 4.78 is 0.